The molecule has 0 spiro atoms. The molecule has 4 heteroatoms. The summed E-state index contributed by atoms with van der Waals surface area (Å²) in [4.78, 5) is 2.58. The summed E-state index contributed by atoms with van der Waals surface area (Å²) in [5.41, 5.74) is 2.45. The van der Waals surface area contributed by atoms with Crippen LogP contribution in [0, 0.1) is 6.92 Å². The summed E-state index contributed by atoms with van der Waals surface area (Å²) in [5.74, 6) is 0.937. The first kappa shape index (κ1) is 14.8. The van der Waals surface area contributed by atoms with Gasteiger partial charge in [-0.3, -0.25) is 4.90 Å². The lowest BCUT2D eigenvalue weighted by Gasteiger charge is -2.39. The van der Waals surface area contributed by atoms with Gasteiger partial charge < -0.3 is 14.8 Å². The Morgan fingerprint density at radius 2 is 2.29 bits per heavy atom. The highest BCUT2D eigenvalue weighted by Gasteiger charge is 2.36. The molecule has 2 aliphatic rings. The number of nitrogens with one attached hydrogen (secondary N) is 1. The summed E-state index contributed by atoms with van der Waals surface area (Å²) in [6, 6.07) is 7.16. The Kier molecular flexibility index (Phi) is 4.48. The number of ether oxygens (including phenoxy) is 2. The van der Waals surface area contributed by atoms with Gasteiger partial charge >= 0.3 is 0 Å². The third kappa shape index (κ3) is 2.93. The van der Waals surface area contributed by atoms with Crippen molar-refractivity contribution < 1.29 is 9.47 Å². The smallest absolute Gasteiger partial charge is 0.123 e. The molecule has 3 rings (SSSR count). The van der Waals surface area contributed by atoms with E-state index in [-0.39, 0.29) is 12.1 Å². The SMILES string of the molecule is CNC(c1cc(C)ccc1OC)C1CN2CCCC2CO1. The van der Waals surface area contributed by atoms with E-state index in [1.54, 1.807) is 7.11 Å². The van der Waals surface area contributed by atoms with Crippen molar-refractivity contribution in [2.75, 3.05) is 33.9 Å². The summed E-state index contributed by atoms with van der Waals surface area (Å²) in [5, 5.41) is 3.44. The first-order valence-corrected chi connectivity index (χ1v) is 7.90. The molecule has 2 heterocycles. The van der Waals surface area contributed by atoms with E-state index in [9.17, 15) is 0 Å². The van der Waals surface area contributed by atoms with Crippen LogP contribution in [-0.4, -0.2) is 50.9 Å². The molecular weight excluding hydrogens is 264 g/mol. The summed E-state index contributed by atoms with van der Waals surface area (Å²) < 4.78 is 11.7. The number of nitrogens with zero attached hydrogens (tertiary/aromatic N) is 1. The van der Waals surface area contributed by atoms with Crippen LogP contribution in [-0.2, 0) is 4.74 Å². The van der Waals surface area contributed by atoms with Crippen LogP contribution in [0.2, 0.25) is 0 Å². The Labute approximate surface area is 127 Å². The van der Waals surface area contributed by atoms with E-state index in [4.69, 9.17) is 9.47 Å². The second kappa shape index (κ2) is 6.34. The van der Waals surface area contributed by atoms with Crippen molar-refractivity contribution in [3.05, 3.63) is 29.3 Å². The van der Waals surface area contributed by atoms with E-state index < -0.39 is 0 Å². The number of aryl methyl sites for hydroxylation is 1. The molecule has 2 fully saturated rings. The standard InChI is InChI=1S/C17H26N2O2/c1-12-6-7-15(20-3)14(9-12)17(18-2)16-10-19-8-4-5-13(19)11-21-16/h6-7,9,13,16-18H,4-5,8,10-11H2,1-3H3. The fraction of sp³-hybridized carbons (Fsp3) is 0.647. The van der Waals surface area contributed by atoms with Gasteiger partial charge in [-0.25, -0.2) is 0 Å². The molecule has 1 aromatic carbocycles. The minimum atomic E-state index is 0.168. The zero-order valence-electron chi connectivity index (χ0n) is 13.3. The van der Waals surface area contributed by atoms with Crippen molar-refractivity contribution in [2.24, 2.45) is 0 Å². The Bertz CT molecular complexity index is 492. The highest BCUT2D eigenvalue weighted by Crippen LogP contribution is 2.33. The monoisotopic (exact) mass is 290 g/mol. The van der Waals surface area contributed by atoms with Crippen LogP contribution in [0.25, 0.3) is 0 Å². The molecule has 21 heavy (non-hydrogen) atoms. The topological polar surface area (TPSA) is 33.7 Å². The summed E-state index contributed by atoms with van der Waals surface area (Å²) in [6.45, 7) is 5.20. The van der Waals surface area contributed by atoms with Gasteiger partial charge in [0.15, 0.2) is 0 Å². The predicted molar refractivity (Wildman–Crippen MR) is 83.9 cm³/mol. The first-order chi connectivity index (χ1) is 10.2. The van der Waals surface area contributed by atoms with Crippen molar-refractivity contribution in [1.29, 1.82) is 0 Å². The molecule has 0 amide bonds. The van der Waals surface area contributed by atoms with Crippen LogP contribution < -0.4 is 10.1 Å². The van der Waals surface area contributed by atoms with Crippen LogP contribution in [0.5, 0.6) is 5.75 Å². The molecule has 116 valence electrons. The highest BCUT2D eigenvalue weighted by molar-refractivity contribution is 5.39. The maximum absolute atomic E-state index is 6.18. The predicted octanol–water partition coefficient (Wildman–Crippen LogP) is 2.13. The Morgan fingerprint density at radius 3 is 3.05 bits per heavy atom. The average Bonchev–Trinajstić information content (AvgIpc) is 2.96. The normalized spacial score (nSPS) is 27.4. The number of benzene rings is 1. The lowest BCUT2D eigenvalue weighted by molar-refractivity contribution is -0.0645. The van der Waals surface area contributed by atoms with Gasteiger partial charge in [-0.1, -0.05) is 17.7 Å². The molecule has 0 aromatic heterocycles. The quantitative estimate of drug-likeness (QED) is 0.921. The Hall–Kier alpha value is -1.10. The number of likely N-dealkylation sites (N-methyl/N-ethyl adjacent to an activating group) is 1. The Morgan fingerprint density at radius 1 is 1.43 bits per heavy atom. The van der Waals surface area contributed by atoms with E-state index >= 15 is 0 Å². The molecule has 1 N–H and O–H groups in total. The van der Waals surface area contributed by atoms with E-state index in [2.05, 4.69) is 35.3 Å². The zero-order chi connectivity index (χ0) is 14.8. The van der Waals surface area contributed by atoms with Crippen molar-refractivity contribution in [2.45, 2.75) is 38.0 Å². The van der Waals surface area contributed by atoms with Gasteiger partial charge in [-0.15, -0.1) is 0 Å². The lowest BCUT2D eigenvalue weighted by atomic mass is 9.97. The lowest BCUT2D eigenvalue weighted by Crippen LogP contribution is -2.50. The number of methoxy groups -OCH3 is 1. The van der Waals surface area contributed by atoms with Gasteiger partial charge in [-0.05, 0) is 39.4 Å². The summed E-state index contributed by atoms with van der Waals surface area (Å²) in [7, 11) is 3.74. The van der Waals surface area contributed by atoms with Crippen LogP contribution in [0.4, 0.5) is 0 Å². The number of hydrogen-bond donors (Lipinski definition) is 1. The zero-order valence-corrected chi connectivity index (χ0v) is 13.3. The summed E-state index contributed by atoms with van der Waals surface area (Å²) >= 11 is 0. The largest absolute Gasteiger partial charge is 0.496 e. The third-order valence-electron chi connectivity index (χ3n) is 4.82. The van der Waals surface area contributed by atoms with E-state index in [1.165, 1.54) is 30.5 Å². The van der Waals surface area contributed by atoms with Crippen LogP contribution in [0.1, 0.15) is 30.0 Å². The summed E-state index contributed by atoms with van der Waals surface area (Å²) in [6.07, 6.45) is 2.77. The van der Waals surface area contributed by atoms with Crippen LogP contribution >= 0.6 is 0 Å². The number of fused-ring (bicyclic) bond motifs is 1. The van der Waals surface area contributed by atoms with Gasteiger partial charge in [0.2, 0.25) is 0 Å². The number of hydrogen-bond acceptors (Lipinski definition) is 4. The van der Waals surface area contributed by atoms with Crippen molar-refractivity contribution in [3.8, 4) is 5.75 Å². The number of rotatable bonds is 4. The fourth-order valence-corrected chi connectivity index (χ4v) is 3.68. The minimum Gasteiger partial charge on any atom is -0.496 e. The molecule has 0 saturated carbocycles. The maximum Gasteiger partial charge on any atom is 0.123 e. The van der Waals surface area contributed by atoms with E-state index in [0.29, 0.717) is 6.04 Å². The average molecular weight is 290 g/mol. The highest BCUT2D eigenvalue weighted by atomic mass is 16.5. The molecular formula is C17H26N2O2. The first-order valence-electron chi connectivity index (χ1n) is 7.90. The van der Waals surface area contributed by atoms with Gasteiger partial charge in [0.1, 0.15) is 5.75 Å². The van der Waals surface area contributed by atoms with Crippen molar-refractivity contribution in [3.63, 3.8) is 0 Å². The van der Waals surface area contributed by atoms with Crippen LogP contribution in [0.15, 0.2) is 18.2 Å². The van der Waals surface area contributed by atoms with Gasteiger partial charge in [-0.2, -0.15) is 0 Å². The Balaban J connectivity index is 1.83. The number of morpholine rings is 1. The minimum absolute atomic E-state index is 0.168. The molecule has 2 aliphatic heterocycles. The molecule has 0 bridgehead atoms. The molecule has 4 nitrogen and oxygen atoms in total. The maximum atomic E-state index is 6.18. The van der Waals surface area contributed by atoms with Gasteiger partial charge in [0.25, 0.3) is 0 Å². The second-order valence-electron chi connectivity index (χ2n) is 6.17. The molecule has 0 aliphatic carbocycles. The van der Waals surface area contributed by atoms with E-state index in [0.717, 1.165) is 18.9 Å². The molecule has 2 saturated heterocycles. The van der Waals surface area contributed by atoms with Crippen molar-refractivity contribution >= 4 is 0 Å². The molecule has 3 unspecified atom stereocenters. The molecule has 0 radical (unpaired) electrons. The fourth-order valence-electron chi connectivity index (χ4n) is 3.68. The second-order valence-corrected chi connectivity index (χ2v) is 6.17. The van der Waals surface area contributed by atoms with Gasteiger partial charge in [0, 0.05) is 18.2 Å². The van der Waals surface area contributed by atoms with Crippen LogP contribution in [0.3, 0.4) is 0 Å². The molecule has 1 aromatic rings. The van der Waals surface area contributed by atoms with E-state index in [1.807, 2.05) is 7.05 Å². The molecule has 3 atom stereocenters. The van der Waals surface area contributed by atoms with Crippen molar-refractivity contribution in [1.82, 2.24) is 10.2 Å². The van der Waals surface area contributed by atoms with Gasteiger partial charge in [0.05, 0.1) is 25.9 Å². The third-order valence-corrected chi connectivity index (χ3v) is 4.82.